The fourth-order valence-electron chi connectivity index (χ4n) is 3.45. The van der Waals surface area contributed by atoms with Gasteiger partial charge in [0.2, 0.25) is 16.9 Å². The Morgan fingerprint density at radius 2 is 1.55 bits per heavy atom. The first-order valence-corrected chi connectivity index (χ1v) is 9.30. The van der Waals surface area contributed by atoms with Crippen LogP contribution in [0.1, 0.15) is 20.7 Å². The number of para-hydroxylation sites is 1. The average molecular weight is 415 g/mol. The molecule has 0 radical (unpaired) electrons. The second-order valence-electron chi connectivity index (χ2n) is 6.78. The fourth-order valence-corrected chi connectivity index (χ4v) is 3.45. The molecule has 0 N–H and O–H groups in total. The van der Waals surface area contributed by atoms with Crippen molar-refractivity contribution in [1.82, 2.24) is 4.90 Å². The number of rotatable bonds is 4. The molecule has 8 heteroatoms. The Hall–Kier alpha value is -4.46. The van der Waals surface area contributed by atoms with Gasteiger partial charge < -0.3 is 13.6 Å². The second-order valence-corrected chi connectivity index (χ2v) is 6.78. The van der Waals surface area contributed by atoms with Crippen LogP contribution in [0.3, 0.4) is 0 Å². The van der Waals surface area contributed by atoms with Gasteiger partial charge in [-0.3, -0.25) is 19.3 Å². The summed E-state index contributed by atoms with van der Waals surface area (Å²) < 4.78 is 16.4. The van der Waals surface area contributed by atoms with Crippen LogP contribution in [0.2, 0.25) is 0 Å². The number of benzene rings is 2. The molecule has 5 rings (SSSR count). The van der Waals surface area contributed by atoms with Crippen LogP contribution >= 0.6 is 0 Å². The van der Waals surface area contributed by atoms with E-state index in [0.717, 1.165) is 4.90 Å². The molecule has 2 aromatic carbocycles. The highest BCUT2D eigenvalue weighted by molar-refractivity contribution is 6.22. The van der Waals surface area contributed by atoms with Crippen molar-refractivity contribution in [2.45, 2.75) is 0 Å². The highest BCUT2D eigenvalue weighted by Crippen LogP contribution is 2.31. The molecule has 3 heterocycles. The minimum atomic E-state index is -0.968. The summed E-state index contributed by atoms with van der Waals surface area (Å²) in [6.45, 7) is -0.657. The topological polar surface area (TPSA) is 107 Å². The normalized spacial score (nSPS) is 13.0. The number of carbonyl (C=O) groups is 3. The fraction of sp³-hybridized carbons (Fsp3) is 0.0435. The maximum Gasteiger partial charge on any atom is 0.331 e. The Bertz CT molecular complexity index is 1380. The molecule has 0 saturated heterocycles. The summed E-state index contributed by atoms with van der Waals surface area (Å²) >= 11 is 0. The third-order valence-electron chi connectivity index (χ3n) is 4.88. The summed E-state index contributed by atoms with van der Waals surface area (Å²) in [7, 11) is 0. The van der Waals surface area contributed by atoms with E-state index in [1.807, 2.05) is 0 Å². The molecule has 2 aromatic heterocycles. The van der Waals surface area contributed by atoms with Crippen LogP contribution in [0, 0.1) is 0 Å². The molecule has 0 aliphatic carbocycles. The number of hydrogen-bond acceptors (Lipinski definition) is 7. The van der Waals surface area contributed by atoms with Crippen LogP contribution in [0.4, 0.5) is 0 Å². The lowest BCUT2D eigenvalue weighted by Gasteiger charge is -2.13. The summed E-state index contributed by atoms with van der Waals surface area (Å²) in [5.41, 5.74) is 0.131. The Morgan fingerprint density at radius 1 is 0.871 bits per heavy atom. The van der Waals surface area contributed by atoms with Crippen LogP contribution in [-0.4, -0.2) is 29.2 Å². The molecule has 0 atom stereocenters. The zero-order chi connectivity index (χ0) is 21.5. The number of nitrogens with zero attached hydrogens (tertiary/aromatic N) is 1. The van der Waals surface area contributed by atoms with E-state index in [9.17, 15) is 19.2 Å². The number of carbonyl (C=O) groups excluding carboxylic acids is 3. The summed E-state index contributed by atoms with van der Waals surface area (Å²) in [5, 5.41) is 0.210. The van der Waals surface area contributed by atoms with E-state index in [4.69, 9.17) is 13.6 Å². The molecule has 152 valence electrons. The molecule has 31 heavy (non-hydrogen) atoms. The van der Waals surface area contributed by atoms with Crippen molar-refractivity contribution in [3.63, 3.8) is 0 Å². The Kier molecular flexibility index (Phi) is 4.25. The Balaban J connectivity index is 1.50. The molecule has 0 bridgehead atoms. The van der Waals surface area contributed by atoms with Gasteiger partial charge >= 0.3 is 5.97 Å². The predicted molar refractivity (Wildman–Crippen MR) is 108 cm³/mol. The van der Waals surface area contributed by atoms with Gasteiger partial charge in [0.25, 0.3) is 11.8 Å². The van der Waals surface area contributed by atoms with Crippen molar-refractivity contribution in [2.75, 3.05) is 6.54 Å². The quantitative estimate of drug-likeness (QED) is 0.372. The molecule has 0 unspecified atom stereocenters. The standard InChI is InChI=1S/C23H13NO7/c25-18(12-24-22(27)13-6-1-2-7-14(13)23(24)28)31-21-19(26)15-8-3-4-9-16(15)30-20(21)17-10-5-11-29-17/h1-11H,12H2. The van der Waals surface area contributed by atoms with Crippen molar-refractivity contribution in [3.05, 3.63) is 88.3 Å². The van der Waals surface area contributed by atoms with E-state index in [0.29, 0.717) is 5.58 Å². The lowest BCUT2D eigenvalue weighted by molar-refractivity contribution is -0.134. The van der Waals surface area contributed by atoms with E-state index in [-0.39, 0.29) is 33.8 Å². The molecule has 2 amide bonds. The third-order valence-corrected chi connectivity index (χ3v) is 4.88. The monoisotopic (exact) mass is 415 g/mol. The first-order chi connectivity index (χ1) is 15.0. The van der Waals surface area contributed by atoms with Crippen LogP contribution in [0.5, 0.6) is 5.75 Å². The van der Waals surface area contributed by atoms with E-state index >= 15 is 0 Å². The number of hydrogen-bond donors (Lipinski definition) is 0. The second kappa shape index (κ2) is 7.10. The first-order valence-electron chi connectivity index (χ1n) is 9.30. The lowest BCUT2D eigenvalue weighted by atomic mass is 10.1. The largest absolute Gasteiger partial charge is 0.461 e. The number of ether oxygens (including phenoxy) is 1. The summed E-state index contributed by atoms with van der Waals surface area (Å²) in [5.74, 6) is -2.43. The minimum absolute atomic E-state index is 0.0654. The van der Waals surface area contributed by atoms with Gasteiger partial charge in [-0.2, -0.15) is 0 Å². The van der Waals surface area contributed by atoms with E-state index in [1.165, 1.54) is 24.5 Å². The van der Waals surface area contributed by atoms with Crippen molar-refractivity contribution in [1.29, 1.82) is 0 Å². The number of imide groups is 1. The molecule has 4 aromatic rings. The molecule has 8 nitrogen and oxygen atoms in total. The molecule has 0 saturated carbocycles. The van der Waals surface area contributed by atoms with Crippen LogP contribution in [0.15, 0.2) is 80.6 Å². The summed E-state index contributed by atoms with van der Waals surface area (Å²) in [6.07, 6.45) is 1.38. The van der Waals surface area contributed by atoms with E-state index in [2.05, 4.69) is 0 Å². The predicted octanol–water partition coefficient (Wildman–Crippen LogP) is 3.25. The molecule has 1 aliphatic heterocycles. The first kappa shape index (κ1) is 18.6. The van der Waals surface area contributed by atoms with Crippen molar-refractivity contribution >= 4 is 28.8 Å². The number of fused-ring (bicyclic) bond motifs is 2. The Labute approximate surface area is 174 Å². The molecule has 1 aliphatic rings. The SMILES string of the molecule is O=C(CN1C(=O)c2ccccc2C1=O)Oc1c(-c2ccco2)oc2ccccc2c1=O. The molecule has 0 fully saturated rings. The maximum absolute atomic E-state index is 13.0. The zero-order valence-corrected chi connectivity index (χ0v) is 15.9. The minimum Gasteiger partial charge on any atom is -0.461 e. The zero-order valence-electron chi connectivity index (χ0n) is 15.9. The highest BCUT2D eigenvalue weighted by atomic mass is 16.5. The number of esters is 1. The lowest BCUT2D eigenvalue weighted by Crippen LogP contribution is -2.37. The number of amides is 2. The van der Waals surface area contributed by atoms with Gasteiger partial charge in [-0.15, -0.1) is 0 Å². The maximum atomic E-state index is 13.0. The van der Waals surface area contributed by atoms with Crippen molar-refractivity contribution in [2.24, 2.45) is 0 Å². The van der Waals surface area contributed by atoms with Crippen LogP contribution in [-0.2, 0) is 4.79 Å². The van der Waals surface area contributed by atoms with Gasteiger partial charge in [0, 0.05) is 0 Å². The third kappa shape index (κ3) is 3.01. The molecular weight excluding hydrogens is 402 g/mol. The highest BCUT2D eigenvalue weighted by Gasteiger charge is 2.37. The van der Waals surface area contributed by atoms with Gasteiger partial charge in [-0.1, -0.05) is 24.3 Å². The summed E-state index contributed by atoms with van der Waals surface area (Å²) in [4.78, 5) is 51.4. The smallest absolute Gasteiger partial charge is 0.331 e. The van der Waals surface area contributed by atoms with E-state index in [1.54, 1.807) is 42.5 Å². The number of furan rings is 1. The molecular formula is C23H13NO7. The van der Waals surface area contributed by atoms with Gasteiger partial charge in [-0.05, 0) is 36.4 Å². The van der Waals surface area contributed by atoms with Gasteiger partial charge in [0.1, 0.15) is 12.1 Å². The average Bonchev–Trinajstić information content (AvgIpc) is 3.40. The van der Waals surface area contributed by atoms with Gasteiger partial charge in [0.15, 0.2) is 5.76 Å². The van der Waals surface area contributed by atoms with Gasteiger partial charge in [-0.25, -0.2) is 4.79 Å². The van der Waals surface area contributed by atoms with Gasteiger partial charge in [0.05, 0.1) is 22.8 Å². The summed E-state index contributed by atoms with van der Waals surface area (Å²) in [6, 6.07) is 15.9. The van der Waals surface area contributed by atoms with Crippen molar-refractivity contribution in [3.8, 4) is 17.3 Å². The van der Waals surface area contributed by atoms with Crippen LogP contribution < -0.4 is 10.2 Å². The van der Waals surface area contributed by atoms with Crippen LogP contribution in [0.25, 0.3) is 22.5 Å². The van der Waals surface area contributed by atoms with Crippen molar-refractivity contribution < 1.29 is 28.0 Å². The van der Waals surface area contributed by atoms with E-state index < -0.39 is 29.8 Å². The Morgan fingerprint density at radius 3 is 2.23 bits per heavy atom. The molecule has 0 spiro atoms.